The summed E-state index contributed by atoms with van der Waals surface area (Å²) in [6.07, 6.45) is 1.12. The molecule has 1 aliphatic heterocycles. The number of carboxylic acids is 1. The summed E-state index contributed by atoms with van der Waals surface area (Å²) in [4.78, 5) is 22.7. The molecule has 0 amide bonds. The van der Waals surface area contributed by atoms with Gasteiger partial charge in [0.2, 0.25) is 0 Å². The van der Waals surface area contributed by atoms with Gasteiger partial charge in [-0.2, -0.15) is 0 Å². The van der Waals surface area contributed by atoms with Gasteiger partial charge in [0.15, 0.2) is 5.78 Å². The monoisotopic (exact) mass is 232 g/mol. The van der Waals surface area contributed by atoms with Crippen LogP contribution in [0.25, 0.3) is 0 Å². The van der Waals surface area contributed by atoms with Gasteiger partial charge in [-0.1, -0.05) is 0 Å². The number of rotatable bonds is 2. The Kier molecular flexibility index (Phi) is 2.18. The first kappa shape index (κ1) is 10.3. The number of fused-ring (bicyclic) bond motifs is 3. The van der Waals surface area contributed by atoms with Crippen molar-refractivity contribution in [2.75, 3.05) is 6.61 Å². The Balaban J connectivity index is 2.10. The van der Waals surface area contributed by atoms with Crippen molar-refractivity contribution < 1.29 is 19.4 Å². The van der Waals surface area contributed by atoms with Crippen molar-refractivity contribution in [1.29, 1.82) is 0 Å². The third-order valence-corrected chi connectivity index (χ3v) is 3.49. The molecule has 1 heterocycles. The van der Waals surface area contributed by atoms with Crippen molar-refractivity contribution >= 4 is 11.8 Å². The number of hydrogen-bond acceptors (Lipinski definition) is 3. The number of ether oxygens (including phenoxy) is 1. The van der Waals surface area contributed by atoms with Crippen LogP contribution in [0.5, 0.6) is 5.75 Å². The van der Waals surface area contributed by atoms with E-state index in [1.165, 1.54) is 0 Å². The highest BCUT2D eigenvalue weighted by molar-refractivity contribution is 6.02. The summed E-state index contributed by atoms with van der Waals surface area (Å²) in [6, 6.07) is 3.59. The van der Waals surface area contributed by atoms with Crippen LogP contribution in [0.4, 0.5) is 0 Å². The van der Waals surface area contributed by atoms with Crippen LogP contribution in [0.1, 0.15) is 40.2 Å². The maximum atomic E-state index is 11.8. The van der Waals surface area contributed by atoms with E-state index in [-0.39, 0.29) is 18.1 Å². The number of carbonyl (C=O) groups is 2. The van der Waals surface area contributed by atoms with Gasteiger partial charge in [0.25, 0.3) is 0 Å². The molecular formula is C13H12O4. The minimum atomic E-state index is -0.854. The van der Waals surface area contributed by atoms with Crippen LogP contribution in [0.2, 0.25) is 0 Å². The summed E-state index contributed by atoms with van der Waals surface area (Å²) < 4.78 is 5.45. The first-order valence-electron chi connectivity index (χ1n) is 5.70. The topological polar surface area (TPSA) is 63.6 Å². The molecule has 1 aromatic rings. The molecule has 1 N–H and O–H groups in total. The van der Waals surface area contributed by atoms with Crippen molar-refractivity contribution in [3.05, 3.63) is 28.8 Å². The van der Waals surface area contributed by atoms with E-state index in [0.717, 1.165) is 23.3 Å². The van der Waals surface area contributed by atoms with E-state index in [1.54, 1.807) is 6.07 Å². The summed E-state index contributed by atoms with van der Waals surface area (Å²) in [5.74, 6) is -0.159. The molecule has 1 aromatic carbocycles. The molecule has 2 aliphatic rings. The third kappa shape index (κ3) is 1.52. The largest absolute Gasteiger partial charge is 0.493 e. The molecule has 0 fully saturated rings. The van der Waals surface area contributed by atoms with Gasteiger partial charge in [0.1, 0.15) is 5.75 Å². The SMILES string of the molecule is O=C(O)CC1CC(=O)c2ccc3c(c21)CCO3. The summed E-state index contributed by atoms with van der Waals surface area (Å²) in [5, 5.41) is 8.89. The molecule has 0 bridgehead atoms. The lowest BCUT2D eigenvalue weighted by Gasteiger charge is -2.11. The molecular weight excluding hydrogens is 220 g/mol. The second-order valence-corrected chi connectivity index (χ2v) is 4.52. The van der Waals surface area contributed by atoms with E-state index in [9.17, 15) is 9.59 Å². The van der Waals surface area contributed by atoms with Crippen LogP contribution in [-0.2, 0) is 11.2 Å². The van der Waals surface area contributed by atoms with Gasteiger partial charge in [-0.05, 0) is 17.7 Å². The highest BCUT2D eigenvalue weighted by Gasteiger charge is 2.35. The molecule has 0 spiro atoms. The molecule has 1 aliphatic carbocycles. The molecule has 1 atom stereocenters. The highest BCUT2D eigenvalue weighted by atomic mass is 16.5. The zero-order valence-electron chi connectivity index (χ0n) is 9.23. The molecule has 0 saturated carbocycles. The number of ketones is 1. The fraction of sp³-hybridized carbons (Fsp3) is 0.385. The van der Waals surface area contributed by atoms with Crippen molar-refractivity contribution in [1.82, 2.24) is 0 Å². The van der Waals surface area contributed by atoms with Crippen molar-refractivity contribution in [3.8, 4) is 5.75 Å². The minimum Gasteiger partial charge on any atom is -0.493 e. The molecule has 4 nitrogen and oxygen atoms in total. The van der Waals surface area contributed by atoms with E-state index in [2.05, 4.69) is 0 Å². The zero-order valence-corrected chi connectivity index (χ0v) is 9.23. The van der Waals surface area contributed by atoms with E-state index in [1.807, 2.05) is 6.07 Å². The molecule has 1 unspecified atom stereocenters. The summed E-state index contributed by atoms with van der Waals surface area (Å²) >= 11 is 0. The van der Waals surface area contributed by atoms with E-state index < -0.39 is 5.97 Å². The molecule has 0 aromatic heterocycles. The number of aliphatic carboxylic acids is 1. The minimum absolute atomic E-state index is 0.0230. The Morgan fingerprint density at radius 2 is 2.29 bits per heavy atom. The predicted molar refractivity (Wildman–Crippen MR) is 59.6 cm³/mol. The molecule has 88 valence electrons. The fourth-order valence-electron chi connectivity index (χ4n) is 2.83. The van der Waals surface area contributed by atoms with E-state index in [4.69, 9.17) is 9.84 Å². The number of Topliss-reactive ketones (excluding diaryl/α,β-unsaturated/α-hetero) is 1. The van der Waals surface area contributed by atoms with Gasteiger partial charge in [0, 0.05) is 29.9 Å². The van der Waals surface area contributed by atoms with Gasteiger partial charge in [-0.25, -0.2) is 0 Å². The molecule has 17 heavy (non-hydrogen) atoms. The average Bonchev–Trinajstić information content (AvgIpc) is 2.82. The van der Waals surface area contributed by atoms with Crippen LogP contribution in [0.15, 0.2) is 12.1 Å². The Hall–Kier alpha value is -1.84. The normalized spacial score (nSPS) is 20.9. The van der Waals surface area contributed by atoms with Crippen molar-refractivity contribution in [2.24, 2.45) is 0 Å². The van der Waals surface area contributed by atoms with Gasteiger partial charge in [0.05, 0.1) is 13.0 Å². The van der Waals surface area contributed by atoms with Crippen LogP contribution in [0.3, 0.4) is 0 Å². The smallest absolute Gasteiger partial charge is 0.303 e. The van der Waals surface area contributed by atoms with Crippen LogP contribution in [-0.4, -0.2) is 23.5 Å². The lowest BCUT2D eigenvalue weighted by atomic mass is 9.92. The highest BCUT2D eigenvalue weighted by Crippen LogP contribution is 2.43. The number of benzene rings is 1. The van der Waals surface area contributed by atoms with E-state index >= 15 is 0 Å². The zero-order chi connectivity index (χ0) is 12.0. The first-order valence-corrected chi connectivity index (χ1v) is 5.70. The Morgan fingerprint density at radius 3 is 3.06 bits per heavy atom. The van der Waals surface area contributed by atoms with Gasteiger partial charge in [-0.15, -0.1) is 0 Å². The maximum Gasteiger partial charge on any atom is 0.303 e. The van der Waals surface area contributed by atoms with Crippen molar-refractivity contribution in [2.45, 2.75) is 25.2 Å². The van der Waals surface area contributed by atoms with Crippen molar-refractivity contribution in [3.63, 3.8) is 0 Å². The second-order valence-electron chi connectivity index (χ2n) is 4.52. The average molecular weight is 232 g/mol. The molecule has 3 rings (SSSR count). The molecule has 0 radical (unpaired) electrons. The van der Waals surface area contributed by atoms with Crippen LogP contribution in [0, 0.1) is 0 Å². The first-order chi connectivity index (χ1) is 8.16. The second kappa shape index (κ2) is 3.58. The lowest BCUT2D eigenvalue weighted by molar-refractivity contribution is -0.137. The van der Waals surface area contributed by atoms with Crippen LogP contribution < -0.4 is 4.74 Å². The van der Waals surface area contributed by atoms with Gasteiger partial charge in [-0.3, -0.25) is 9.59 Å². The standard InChI is InChI=1S/C13H12O4/c14-10-5-7(6-12(15)16)13-8(10)1-2-11-9(13)3-4-17-11/h1-2,7H,3-6H2,(H,15,16). The van der Waals surface area contributed by atoms with Gasteiger partial charge < -0.3 is 9.84 Å². The van der Waals surface area contributed by atoms with Gasteiger partial charge >= 0.3 is 5.97 Å². The number of hydrogen-bond donors (Lipinski definition) is 1. The quantitative estimate of drug-likeness (QED) is 0.844. The van der Waals surface area contributed by atoms with Crippen LogP contribution >= 0.6 is 0 Å². The summed E-state index contributed by atoms with van der Waals surface area (Å²) in [6.45, 7) is 0.625. The Bertz CT molecular complexity index is 516. The third-order valence-electron chi connectivity index (χ3n) is 3.49. The fourth-order valence-corrected chi connectivity index (χ4v) is 2.83. The Morgan fingerprint density at radius 1 is 1.47 bits per heavy atom. The summed E-state index contributed by atoms with van der Waals surface area (Å²) in [5.41, 5.74) is 2.66. The predicted octanol–water partition coefficient (Wildman–Crippen LogP) is 1.77. The van der Waals surface area contributed by atoms with E-state index in [0.29, 0.717) is 18.6 Å². The lowest BCUT2D eigenvalue weighted by Crippen LogP contribution is -2.05. The summed E-state index contributed by atoms with van der Waals surface area (Å²) in [7, 11) is 0. The number of carbonyl (C=O) groups excluding carboxylic acids is 1. The maximum absolute atomic E-state index is 11.8. The number of carboxylic acid groups (broad SMARTS) is 1. The molecule has 0 saturated heterocycles. The molecule has 4 heteroatoms. The Labute approximate surface area is 98.2 Å².